The quantitative estimate of drug-likeness (QED) is 0.801. The van der Waals surface area contributed by atoms with Gasteiger partial charge in [-0.1, -0.05) is 18.5 Å². The fourth-order valence-corrected chi connectivity index (χ4v) is 4.83. The van der Waals surface area contributed by atoms with Crippen LogP contribution in [0.25, 0.3) is 10.8 Å². The molecule has 0 bridgehead atoms. The van der Waals surface area contributed by atoms with Gasteiger partial charge in [0.2, 0.25) is 0 Å². The topological polar surface area (TPSA) is 68.1 Å². The van der Waals surface area contributed by atoms with E-state index in [9.17, 15) is 4.79 Å². The fraction of sp³-hybridized carbons (Fsp3) is 0.571. The van der Waals surface area contributed by atoms with Gasteiger partial charge in [-0.3, -0.25) is 4.79 Å². The third-order valence-electron chi connectivity index (χ3n) is 6.59. The average molecular weight is 375 g/mol. The second kappa shape index (κ2) is 6.90. The van der Waals surface area contributed by atoms with Gasteiger partial charge in [0.15, 0.2) is 0 Å². The summed E-state index contributed by atoms with van der Waals surface area (Å²) in [6, 6.07) is 5.79. The molecule has 0 unspecified atom stereocenters. The van der Waals surface area contributed by atoms with Gasteiger partial charge in [-0.25, -0.2) is 0 Å². The highest BCUT2D eigenvalue weighted by molar-refractivity contribution is 6.32. The Labute approximate surface area is 159 Å². The number of ether oxygens (including phenoxy) is 1. The first kappa shape index (κ1) is 17.9. The van der Waals surface area contributed by atoms with E-state index >= 15 is 0 Å². The summed E-state index contributed by atoms with van der Waals surface area (Å²) in [6.45, 7) is 2.28. The number of hydrogen-bond acceptors (Lipinski definition) is 3. The molecule has 1 heterocycles. The zero-order valence-electron chi connectivity index (χ0n) is 15.3. The summed E-state index contributed by atoms with van der Waals surface area (Å²) in [4.78, 5) is 14.6. The summed E-state index contributed by atoms with van der Waals surface area (Å²) in [6.07, 6.45) is 9.83. The van der Waals surface area contributed by atoms with E-state index in [0.717, 1.165) is 43.4 Å². The third-order valence-corrected chi connectivity index (χ3v) is 6.88. The minimum absolute atomic E-state index is 0.129. The lowest BCUT2D eigenvalue weighted by molar-refractivity contribution is 0.0524. The molecular formula is C21H27ClN2O2. The molecule has 0 saturated heterocycles. The van der Waals surface area contributed by atoms with Crippen molar-refractivity contribution in [3.63, 3.8) is 0 Å². The van der Waals surface area contributed by atoms with Crippen LogP contribution >= 0.6 is 11.6 Å². The largest absolute Gasteiger partial charge is 0.489 e. The lowest BCUT2D eigenvalue weighted by Gasteiger charge is -2.44. The average Bonchev–Trinajstić information content (AvgIpc) is 3.49. The van der Waals surface area contributed by atoms with Crippen molar-refractivity contribution in [1.29, 1.82) is 0 Å². The van der Waals surface area contributed by atoms with Gasteiger partial charge >= 0.3 is 0 Å². The molecule has 1 aromatic heterocycles. The Balaban J connectivity index is 1.48. The Morgan fingerprint density at radius 2 is 2.04 bits per heavy atom. The number of hydrogen-bond donors (Lipinski definition) is 2. The number of benzene rings is 1. The number of nitrogens with one attached hydrogen (secondary N) is 1. The Kier molecular flexibility index (Phi) is 4.74. The minimum Gasteiger partial charge on any atom is -0.489 e. The maximum atomic E-state index is 11.9. The second-order valence-electron chi connectivity index (χ2n) is 8.07. The normalized spacial score (nSPS) is 27.4. The van der Waals surface area contributed by atoms with Gasteiger partial charge in [0.05, 0.1) is 11.1 Å². The highest BCUT2D eigenvalue weighted by atomic mass is 35.5. The third kappa shape index (κ3) is 3.25. The van der Waals surface area contributed by atoms with E-state index in [4.69, 9.17) is 22.1 Å². The number of halogens is 1. The lowest BCUT2D eigenvalue weighted by Crippen LogP contribution is -2.46. The number of fused-ring (bicyclic) bond motifs is 1. The molecule has 2 aliphatic carbocycles. The summed E-state index contributed by atoms with van der Waals surface area (Å²) in [7, 11) is 0. The van der Waals surface area contributed by atoms with Crippen LogP contribution in [0, 0.1) is 11.3 Å². The highest BCUT2D eigenvalue weighted by Crippen LogP contribution is 2.49. The monoisotopic (exact) mass is 374 g/mol. The SMILES string of the molecule is CC[C@]1([C@H](N)C2CC2)CC[C@H](Oc2cc3cc[nH]c(=O)c3cc2Cl)CC1. The fourth-order valence-electron chi connectivity index (χ4n) is 4.62. The molecule has 2 fully saturated rings. The smallest absolute Gasteiger partial charge is 0.255 e. The number of pyridine rings is 1. The molecule has 4 rings (SSSR count). The van der Waals surface area contributed by atoms with Crippen molar-refractivity contribution >= 4 is 22.4 Å². The zero-order chi connectivity index (χ0) is 18.3. The van der Waals surface area contributed by atoms with Gasteiger partial charge in [0, 0.05) is 17.6 Å². The zero-order valence-corrected chi connectivity index (χ0v) is 16.0. The molecule has 5 heteroatoms. The lowest BCUT2D eigenvalue weighted by atomic mass is 9.65. The van der Waals surface area contributed by atoms with Crippen molar-refractivity contribution in [2.45, 2.75) is 64.0 Å². The first-order valence-electron chi connectivity index (χ1n) is 9.75. The molecule has 2 saturated carbocycles. The molecule has 3 N–H and O–H groups in total. The first-order valence-corrected chi connectivity index (χ1v) is 10.1. The first-order chi connectivity index (χ1) is 12.5. The predicted molar refractivity (Wildman–Crippen MR) is 106 cm³/mol. The van der Waals surface area contributed by atoms with Gasteiger partial charge < -0.3 is 15.5 Å². The van der Waals surface area contributed by atoms with Crippen molar-refractivity contribution in [3.05, 3.63) is 39.8 Å². The van der Waals surface area contributed by atoms with Gasteiger partial charge in [-0.05, 0) is 79.9 Å². The van der Waals surface area contributed by atoms with Crippen LogP contribution in [0.15, 0.2) is 29.2 Å². The van der Waals surface area contributed by atoms with Crippen molar-refractivity contribution in [1.82, 2.24) is 4.98 Å². The van der Waals surface area contributed by atoms with Crippen LogP contribution in [0.1, 0.15) is 51.9 Å². The van der Waals surface area contributed by atoms with Gasteiger partial charge in [-0.15, -0.1) is 0 Å². The minimum atomic E-state index is -0.129. The Hall–Kier alpha value is -1.52. The van der Waals surface area contributed by atoms with Crippen molar-refractivity contribution < 1.29 is 4.74 Å². The molecule has 4 nitrogen and oxygen atoms in total. The Bertz CT molecular complexity index is 851. The molecule has 2 aliphatic rings. The van der Waals surface area contributed by atoms with Crippen LogP contribution in [-0.4, -0.2) is 17.1 Å². The molecular weight excluding hydrogens is 348 g/mol. The van der Waals surface area contributed by atoms with E-state index < -0.39 is 0 Å². The molecule has 0 spiro atoms. The van der Waals surface area contributed by atoms with Crippen LogP contribution in [-0.2, 0) is 0 Å². The Morgan fingerprint density at radius 3 is 2.69 bits per heavy atom. The molecule has 26 heavy (non-hydrogen) atoms. The number of aromatic nitrogens is 1. The number of aromatic amines is 1. The maximum absolute atomic E-state index is 11.9. The summed E-state index contributed by atoms with van der Waals surface area (Å²) in [5.74, 6) is 1.41. The van der Waals surface area contributed by atoms with E-state index in [1.54, 1.807) is 12.3 Å². The summed E-state index contributed by atoms with van der Waals surface area (Å²) < 4.78 is 6.24. The van der Waals surface area contributed by atoms with E-state index in [-0.39, 0.29) is 17.1 Å². The van der Waals surface area contributed by atoms with Gasteiger partial charge in [0.1, 0.15) is 5.75 Å². The summed E-state index contributed by atoms with van der Waals surface area (Å²) in [5, 5.41) is 1.94. The second-order valence-corrected chi connectivity index (χ2v) is 8.48. The highest BCUT2D eigenvalue weighted by Gasteiger charge is 2.45. The summed E-state index contributed by atoms with van der Waals surface area (Å²) in [5.41, 5.74) is 6.75. The standard InChI is InChI=1S/C21H27ClN2O2/c1-2-21(19(23)13-3-4-13)8-5-15(6-9-21)26-18-11-14-7-10-24-20(25)16(14)12-17(18)22/h7,10-13,15,19H,2-6,8-9,23H2,1H3,(H,24,25)/t15-,19-,21-/m1/s1. The van der Waals surface area contributed by atoms with Crippen LogP contribution in [0.5, 0.6) is 5.75 Å². The molecule has 1 aromatic carbocycles. The van der Waals surface area contributed by atoms with Crippen LogP contribution in [0.3, 0.4) is 0 Å². The summed E-state index contributed by atoms with van der Waals surface area (Å²) >= 11 is 6.38. The Morgan fingerprint density at radius 1 is 1.31 bits per heavy atom. The van der Waals surface area contributed by atoms with E-state index in [1.807, 2.05) is 12.1 Å². The van der Waals surface area contributed by atoms with Crippen molar-refractivity contribution in [2.75, 3.05) is 0 Å². The van der Waals surface area contributed by atoms with E-state index in [2.05, 4.69) is 11.9 Å². The number of nitrogens with two attached hydrogens (primary N) is 1. The molecule has 1 atom stereocenters. The molecule has 140 valence electrons. The number of H-pyrrole nitrogens is 1. The van der Waals surface area contributed by atoms with Crippen molar-refractivity contribution in [2.24, 2.45) is 17.1 Å². The van der Waals surface area contributed by atoms with Crippen molar-refractivity contribution in [3.8, 4) is 5.75 Å². The molecule has 2 aromatic rings. The van der Waals surface area contributed by atoms with E-state index in [0.29, 0.717) is 22.2 Å². The predicted octanol–water partition coefficient (Wildman–Crippen LogP) is 4.64. The number of rotatable bonds is 5. The van der Waals surface area contributed by atoms with Gasteiger partial charge in [0.25, 0.3) is 5.56 Å². The molecule has 0 aliphatic heterocycles. The maximum Gasteiger partial charge on any atom is 0.255 e. The van der Waals surface area contributed by atoms with E-state index in [1.165, 1.54) is 12.8 Å². The van der Waals surface area contributed by atoms with Crippen LogP contribution in [0.2, 0.25) is 5.02 Å². The van der Waals surface area contributed by atoms with Crippen LogP contribution in [0.4, 0.5) is 0 Å². The van der Waals surface area contributed by atoms with Gasteiger partial charge in [-0.2, -0.15) is 0 Å². The van der Waals surface area contributed by atoms with Crippen LogP contribution < -0.4 is 16.0 Å². The molecule has 0 amide bonds. The molecule has 0 radical (unpaired) electrons.